The van der Waals surface area contributed by atoms with E-state index in [1.54, 1.807) is 0 Å². The number of rotatable bonds is 1. The van der Waals surface area contributed by atoms with Crippen LogP contribution >= 0.6 is 0 Å². The minimum absolute atomic E-state index is 0.0553. The molecule has 0 spiro atoms. The molecule has 3 heterocycles. The molecule has 0 aromatic carbocycles. The van der Waals surface area contributed by atoms with Crippen molar-refractivity contribution in [1.82, 2.24) is 15.2 Å². The molecule has 206 valence electrons. The van der Waals surface area contributed by atoms with Crippen LogP contribution in [0.4, 0.5) is 42.6 Å². The van der Waals surface area contributed by atoms with E-state index in [4.69, 9.17) is 9.15 Å². The molecule has 0 aliphatic carbocycles. The summed E-state index contributed by atoms with van der Waals surface area (Å²) in [5.41, 5.74) is -6.81. The lowest BCUT2D eigenvalue weighted by molar-refractivity contribution is -0.277. The van der Waals surface area contributed by atoms with Crippen molar-refractivity contribution in [2.75, 3.05) is 23.8 Å². The summed E-state index contributed by atoms with van der Waals surface area (Å²) in [6, 6.07) is 0.573. The topological polar surface area (TPSA) is 114 Å². The number of hydrogen-bond acceptors (Lipinski definition) is 8. The first kappa shape index (κ1) is 28.5. The van der Waals surface area contributed by atoms with E-state index < -0.39 is 70.6 Å². The molecule has 1 amide bonds. The van der Waals surface area contributed by atoms with Crippen LogP contribution in [0.2, 0.25) is 0 Å². The van der Waals surface area contributed by atoms with Crippen LogP contribution in [-0.2, 0) is 16.5 Å². The third-order valence-electron chi connectivity index (χ3n) is 5.54. The summed E-state index contributed by atoms with van der Waals surface area (Å²) in [5.74, 6) is -2.48. The molecule has 1 unspecified atom stereocenters. The molecule has 2 N–H and O–H groups in total. The van der Waals surface area contributed by atoms with Crippen molar-refractivity contribution in [2.45, 2.75) is 76.4 Å². The molecule has 2 aromatic heterocycles. The summed E-state index contributed by atoms with van der Waals surface area (Å²) in [4.78, 5) is 17.6. The zero-order valence-electron chi connectivity index (χ0n) is 20.5. The van der Waals surface area contributed by atoms with Crippen LogP contribution < -0.4 is 10.2 Å². The van der Waals surface area contributed by atoms with Gasteiger partial charge in [0, 0.05) is 13.6 Å². The minimum atomic E-state index is -5.18. The van der Waals surface area contributed by atoms with E-state index in [0.29, 0.717) is 18.9 Å². The van der Waals surface area contributed by atoms with E-state index in [1.807, 2.05) is 0 Å². The first-order valence-corrected chi connectivity index (χ1v) is 11.4. The quantitative estimate of drug-likeness (QED) is 0.447. The number of aromatic nitrogens is 3. The van der Waals surface area contributed by atoms with Crippen molar-refractivity contribution in [3.8, 4) is 11.6 Å². The Morgan fingerprint density at radius 2 is 1.76 bits per heavy atom. The molecule has 1 aliphatic rings. The molecular formula is C22H27F6N5O4. The summed E-state index contributed by atoms with van der Waals surface area (Å²) < 4.78 is 93.7. The van der Waals surface area contributed by atoms with Gasteiger partial charge in [-0.1, -0.05) is 12.8 Å². The number of aliphatic hydroxyl groups is 1. The van der Waals surface area contributed by atoms with Crippen LogP contribution in [0.15, 0.2) is 10.5 Å². The van der Waals surface area contributed by atoms with Gasteiger partial charge >= 0.3 is 18.4 Å². The Balaban J connectivity index is 2.24. The van der Waals surface area contributed by atoms with Crippen molar-refractivity contribution in [2.24, 2.45) is 0 Å². The highest BCUT2D eigenvalue weighted by atomic mass is 19.4. The van der Waals surface area contributed by atoms with Gasteiger partial charge in [0.2, 0.25) is 5.60 Å². The average Bonchev–Trinajstić information content (AvgIpc) is 3.22. The lowest BCUT2D eigenvalue weighted by Crippen LogP contribution is -2.42. The van der Waals surface area contributed by atoms with E-state index >= 15 is 0 Å². The van der Waals surface area contributed by atoms with Crippen LogP contribution in [0.25, 0.3) is 11.6 Å². The van der Waals surface area contributed by atoms with Gasteiger partial charge in [-0.3, -0.25) is 5.32 Å². The number of nitrogens with one attached hydrogen (secondary N) is 1. The van der Waals surface area contributed by atoms with Crippen molar-refractivity contribution >= 4 is 17.6 Å². The normalized spacial score (nSPS) is 19.8. The summed E-state index contributed by atoms with van der Waals surface area (Å²) in [5, 5.41) is 19.5. The SMILES string of the molecule is CN1CCCCCCC(O)(C(F)(F)F)c2nnc(o2)-c2nc1c(C(F)(F)F)cc2NC(=O)OC(C)(C)C. The molecule has 0 saturated carbocycles. The Morgan fingerprint density at radius 1 is 1.11 bits per heavy atom. The fourth-order valence-electron chi connectivity index (χ4n) is 3.72. The molecule has 0 radical (unpaired) electrons. The number of anilines is 2. The highest BCUT2D eigenvalue weighted by Gasteiger charge is 2.58. The Labute approximate surface area is 208 Å². The molecule has 1 atom stereocenters. The third-order valence-corrected chi connectivity index (χ3v) is 5.54. The second kappa shape index (κ2) is 9.99. The lowest BCUT2D eigenvalue weighted by Gasteiger charge is -2.27. The maximum Gasteiger partial charge on any atom is 0.426 e. The lowest BCUT2D eigenvalue weighted by atomic mass is 9.95. The second-order valence-corrected chi connectivity index (χ2v) is 9.74. The summed E-state index contributed by atoms with van der Waals surface area (Å²) in [7, 11) is 1.38. The molecule has 1 aliphatic heterocycles. The van der Waals surface area contributed by atoms with Gasteiger partial charge in [0.1, 0.15) is 17.0 Å². The van der Waals surface area contributed by atoms with Gasteiger partial charge in [-0.15, -0.1) is 10.2 Å². The molecule has 3 rings (SSSR count). The molecular weight excluding hydrogens is 512 g/mol. The first-order valence-electron chi connectivity index (χ1n) is 11.4. The molecule has 2 aromatic rings. The monoisotopic (exact) mass is 539 g/mol. The molecule has 0 fully saturated rings. The molecule has 15 heteroatoms. The van der Waals surface area contributed by atoms with Gasteiger partial charge in [-0.2, -0.15) is 26.3 Å². The van der Waals surface area contributed by atoms with Crippen LogP contribution in [0.1, 0.15) is 64.3 Å². The number of nitrogens with zero attached hydrogens (tertiary/aromatic N) is 4. The van der Waals surface area contributed by atoms with Gasteiger partial charge in [0.15, 0.2) is 5.69 Å². The largest absolute Gasteiger partial charge is 0.444 e. The number of carbonyl (C=O) groups is 1. The molecule has 37 heavy (non-hydrogen) atoms. The van der Waals surface area contributed by atoms with Gasteiger partial charge in [-0.05, 0) is 46.1 Å². The third kappa shape index (κ3) is 6.43. The van der Waals surface area contributed by atoms with E-state index in [2.05, 4.69) is 20.5 Å². The highest BCUT2D eigenvalue weighted by Crippen LogP contribution is 2.44. The maximum absolute atomic E-state index is 14.0. The van der Waals surface area contributed by atoms with Crippen LogP contribution in [0.5, 0.6) is 0 Å². The number of ether oxygens (including phenoxy) is 1. The Kier molecular flexibility index (Phi) is 7.68. The molecule has 0 saturated heterocycles. The van der Waals surface area contributed by atoms with E-state index in [1.165, 1.54) is 32.7 Å². The molecule has 9 nitrogen and oxygen atoms in total. The van der Waals surface area contributed by atoms with Gasteiger partial charge < -0.3 is 19.2 Å². The predicted molar refractivity (Wildman–Crippen MR) is 119 cm³/mol. The first-order chi connectivity index (χ1) is 16.9. The average molecular weight is 539 g/mol. The minimum Gasteiger partial charge on any atom is -0.444 e. The number of carbonyl (C=O) groups excluding carboxylic acids is 1. The number of halogens is 6. The van der Waals surface area contributed by atoms with Crippen LogP contribution in [-0.4, -0.2) is 51.8 Å². The number of pyridine rings is 1. The van der Waals surface area contributed by atoms with E-state index in [0.717, 1.165) is 0 Å². The van der Waals surface area contributed by atoms with Crippen molar-refractivity contribution in [3.05, 3.63) is 17.5 Å². The van der Waals surface area contributed by atoms with E-state index in [-0.39, 0.29) is 19.4 Å². The Bertz CT molecular complexity index is 1130. The summed E-state index contributed by atoms with van der Waals surface area (Å²) >= 11 is 0. The van der Waals surface area contributed by atoms with Crippen LogP contribution in [0.3, 0.4) is 0 Å². The number of fused-ring (bicyclic) bond motifs is 5. The zero-order chi connectivity index (χ0) is 27.8. The Hall–Kier alpha value is -3.10. The number of amides is 1. The summed E-state index contributed by atoms with van der Waals surface area (Å²) in [6.45, 7) is 4.68. The van der Waals surface area contributed by atoms with Crippen LogP contribution in [0, 0.1) is 0 Å². The fourth-order valence-corrected chi connectivity index (χ4v) is 3.72. The van der Waals surface area contributed by atoms with Crippen molar-refractivity contribution < 1.29 is 45.4 Å². The molecule has 4 bridgehead atoms. The van der Waals surface area contributed by atoms with Gasteiger partial charge in [0.05, 0.1) is 5.69 Å². The maximum atomic E-state index is 14.0. The summed E-state index contributed by atoms with van der Waals surface area (Å²) in [6.07, 6.45) is -11.0. The highest BCUT2D eigenvalue weighted by molar-refractivity contribution is 5.90. The van der Waals surface area contributed by atoms with Crippen molar-refractivity contribution in [1.29, 1.82) is 0 Å². The predicted octanol–water partition coefficient (Wildman–Crippen LogP) is 5.65. The fraction of sp³-hybridized carbons (Fsp3) is 0.636. The smallest absolute Gasteiger partial charge is 0.426 e. The van der Waals surface area contributed by atoms with E-state index in [9.17, 15) is 36.2 Å². The van der Waals surface area contributed by atoms with Crippen molar-refractivity contribution in [3.63, 3.8) is 0 Å². The number of hydrogen-bond donors (Lipinski definition) is 2. The second-order valence-electron chi connectivity index (χ2n) is 9.74. The van der Waals surface area contributed by atoms with Gasteiger partial charge in [-0.25, -0.2) is 9.78 Å². The van der Waals surface area contributed by atoms with Gasteiger partial charge in [0.25, 0.3) is 11.8 Å². The Morgan fingerprint density at radius 3 is 2.35 bits per heavy atom. The zero-order valence-corrected chi connectivity index (χ0v) is 20.5. The number of alkyl halides is 6. The standard InChI is InChI=1S/C22H27F6N5O4/c1-19(2,3)37-18(34)29-13-11-12(21(23,24)25)15-30-14(13)16-31-32-17(36-16)20(35,22(26,27)28)9-7-5-6-8-10-33(15)4/h11,35H,5-10H2,1-4H3,(H,29,34).